The largest absolute Gasteiger partial charge is 0.329 e. The first-order chi connectivity index (χ1) is 5.86. The Bertz CT molecular complexity index is 196. The molecule has 0 aliphatic rings. The quantitative estimate of drug-likeness (QED) is 0.752. The zero-order valence-corrected chi connectivity index (χ0v) is 8.31. The van der Waals surface area contributed by atoms with Crippen LogP contribution in [-0.2, 0) is 6.54 Å². The van der Waals surface area contributed by atoms with Crippen molar-refractivity contribution in [3.63, 3.8) is 0 Å². The van der Waals surface area contributed by atoms with Crippen LogP contribution in [0.3, 0.4) is 0 Å². The van der Waals surface area contributed by atoms with Crippen molar-refractivity contribution < 1.29 is 0 Å². The monoisotopic (exact) mass is 184 g/mol. The maximum atomic E-state index is 5.50. The van der Waals surface area contributed by atoms with E-state index >= 15 is 0 Å². The van der Waals surface area contributed by atoms with Crippen LogP contribution in [0.1, 0.15) is 11.8 Å². The van der Waals surface area contributed by atoms with Crippen LogP contribution in [0.15, 0.2) is 17.5 Å². The van der Waals surface area contributed by atoms with Crippen molar-refractivity contribution in [2.24, 2.45) is 5.73 Å². The molecule has 0 spiro atoms. The van der Waals surface area contributed by atoms with Crippen LogP contribution in [0.2, 0.25) is 0 Å². The predicted octanol–water partition coefficient (Wildman–Crippen LogP) is 1.53. The molecule has 0 aromatic carbocycles. The van der Waals surface area contributed by atoms with Gasteiger partial charge in [0.2, 0.25) is 0 Å². The second kappa shape index (κ2) is 5.30. The second-order valence-corrected chi connectivity index (χ2v) is 3.77. The van der Waals surface area contributed by atoms with Crippen molar-refractivity contribution >= 4 is 11.3 Å². The smallest absolute Gasteiger partial charge is 0.0328 e. The van der Waals surface area contributed by atoms with E-state index in [0.717, 1.165) is 26.2 Å². The number of thiophene rings is 1. The fourth-order valence-corrected chi connectivity index (χ4v) is 1.90. The Kier molecular flexibility index (Phi) is 4.29. The van der Waals surface area contributed by atoms with Gasteiger partial charge in [-0.25, -0.2) is 0 Å². The molecule has 1 aromatic heterocycles. The van der Waals surface area contributed by atoms with Crippen LogP contribution in [0.5, 0.6) is 0 Å². The van der Waals surface area contributed by atoms with Gasteiger partial charge in [-0.2, -0.15) is 0 Å². The molecule has 1 heterocycles. The third-order valence-corrected chi connectivity index (χ3v) is 2.71. The van der Waals surface area contributed by atoms with Gasteiger partial charge in [0, 0.05) is 24.5 Å². The molecule has 0 bridgehead atoms. The molecule has 2 nitrogen and oxygen atoms in total. The molecule has 0 aliphatic carbocycles. The van der Waals surface area contributed by atoms with Gasteiger partial charge in [0.25, 0.3) is 0 Å². The second-order valence-electron chi connectivity index (χ2n) is 2.74. The molecule has 0 saturated carbocycles. The summed E-state index contributed by atoms with van der Waals surface area (Å²) in [6.07, 6.45) is 0. The average Bonchev–Trinajstić information content (AvgIpc) is 2.56. The summed E-state index contributed by atoms with van der Waals surface area (Å²) >= 11 is 1.81. The minimum Gasteiger partial charge on any atom is -0.329 e. The van der Waals surface area contributed by atoms with Crippen LogP contribution in [0.4, 0.5) is 0 Å². The number of nitrogens with two attached hydrogens (primary N) is 1. The molecular formula is C9H16N2S. The third kappa shape index (κ3) is 2.93. The summed E-state index contributed by atoms with van der Waals surface area (Å²) in [6.45, 7) is 6.04. The van der Waals surface area contributed by atoms with E-state index in [4.69, 9.17) is 5.73 Å². The molecule has 0 amide bonds. The molecule has 0 unspecified atom stereocenters. The number of nitrogens with zero attached hydrogens (tertiary/aromatic N) is 1. The van der Waals surface area contributed by atoms with Gasteiger partial charge < -0.3 is 5.73 Å². The Morgan fingerprint density at radius 1 is 1.58 bits per heavy atom. The first kappa shape index (κ1) is 9.71. The van der Waals surface area contributed by atoms with Crippen molar-refractivity contribution in [2.75, 3.05) is 19.6 Å². The molecule has 0 aliphatic heterocycles. The molecule has 2 N–H and O–H groups in total. The van der Waals surface area contributed by atoms with Gasteiger partial charge in [-0.05, 0) is 18.0 Å². The Balaban J connectivity index is 2.37. The molecule has 68 valence electrons. The Morgan fingerprint density at radius 2 is 2.42 bits per heavy atom. The van der Waals surface area contributed by atoms with Crippen molar-refractivity contribution in [3.8, 4) is 0 Å². The van der Waals surface area contributed by atoms with Crippen LogP contribution in [-0.4, -0.2) is 24.5 Å². The van der Waals surface area contributed by atoms with Crippen LogP contribution in [0.25, 0.3) is 0 Å². The molecule has 0 atom stereocenters. The van der Waals surface area contributed by atoms with Gasteiger partial charge in [0.15, 0.2) is 0 Å². The van der Waals surface area contributed by atoms with Gasteiger partial charge in [0.1, 0.15) is 0 Å². The third-order valence-electron chi connectivity index (χ3n) is 1.85. The zero-order chi connectivity index (χ0) is 8.81. The molecule has 3 heteroatoms. The molecule has 1 rings (SSSR count). The lowest BCUT2D eigenvalue weighted by atomic mass is 10.4. The van der Waals surface area contributed by atoms with Crippen molar-refractivity contribution in [1.82, 2.24) is 4.90 Å². The van der Waals surface area contributed by atoms with Crippen molar-refractivity contribution in [1.29, 1.82) is 0 Å². The Morgan fingerprint density at radius 3 is 2.92 bits per heavy atom. The van der Waals surface area contributed by atoms with Gasteiger partial charge in [-0.15, -0.1) is 11.3 Å². The van der Waals surface area contributed by atoms with Gasteiger partial charge in [-0.3, -0.25) is 4.90 Å². The highest BCUT2D eigenvalue weighted by atomic mass is 32.1. The summed E-state index contributed by atoms with van der Waals surface area (Å²) < 4.78 is 0. The highest BCUT2D eigenvalue weighted by Crippen LogP contribution is 2.10. The average molecular weight is 184 g/mol. The van der Waals surface area contributed by atoms with Gasteiger partial charge in [0.05, 0.1) is 0 Å². The van der Waals surface area contributed by atoms with Gasteiger partial charge >= 0.3 is 0 Å². The highest BCUT2D eigenvalue weighted by molar-refractivity contribution is 7.09. The highest BCUT2D eigenvalue weighted by Gasteiger charge is 2.01. The molecule has 0 radical (unpaired) electrons. The first-order valence-electron chi connectivity index (χ1n) is 4.31. The number of likely N-dealkylation sites (N-methyl/N-ethyl adjacent to an activating group) is 1. The molecule has 12 heavy (non-hydrogen) atoms. The lowest BCUT2D eigenvalue weighted by molar-refractivity contribution is 0.291. The lowest BCUT2D eigenvalue weighted by Crippen LogP contribution is -2.28. The Labute approximate surface area is 78.0 Å². The molecule has 0 fully saturated rings. The summed E-state index contributed by atoms with van der Waals surface area (Å²) in [5.74, 6) is 0. The van der Waals surface area contributed by atoms with E-state index in [0.29, 0.717) is 0 Å². The fraction of sp³-hybridized carbons (Fsp3) is 0.556. The normalized spacial score (nSPS) is 10.9. The van der Waals surface area contributed by atoms with E-state index in [9.17, 15) is 0 Å². The van der Waals surface area contributed by atoms with E-state index in [1.54, 1.807) is 0 Å². The van der Waals surface area contributed by atoms with E-state index in [-0.39, 0.29) is 0 Å². The van der Waals surface area contributed by atoms with Crippen molar-refractivity contribution in [2.45, 2.75) is 13.5 Å². The van der Waals surface area contributed by atoms with E-state index < -0.39 is 0 Å². The SMILES string of the molecule is CCN(CCN)Cc1cccs1. The maximum Gasteiger partial charge on any atom is 0.0328 e. The summed E-state index contributed by atoms with van der Waals surface area (Å²) in [7, 11) is 0. The summed E-state index contributed by atoms with van der Waals surface area (Å²) in [6, 6.07) is 4.26. The predicted molar refractivity (Wildman–Crippen MR) is 54.3 cm³/mol. The summed E-state index contributed by atoms with van der Waals surface area (Å²) in [5, 5.41) is 2.12. The van der Waals surface area contributed by atoms with E-state index in [2.05, 4.69) is 29.3 Å². The molecule has 1 aromatic rings. The van der Waals surface area contributed by atoms with Crippen molar-refractivity contribution in [3.05, 3.63) is 22.4 Å². The number of hydrogen-bond donors (Lipinski definition) is 1. The van der Waals surface area contributed by atoms with Crippen LogP contribution < -0.4 is 5.73 Å². The standard InChI is InChI=1S/C9H16N2S/c1-2-11(6-5-10)8-9-4-3-7-12-9/h3-4,7H,2,5-6,8,10H2,1H3. The van der Waals surface area contributed by atoms with Gasteiger partial charge in [-0.1, -0.05) is 13.0 Å². The topological polar surface area (TPSA) is 29.3 Å². The Hall–Kier alpha value is -0.380. The molecule has 0 saturated heterocycles. The number of rotatable bonds is 5. The van der Waals surface area contributed by atoms with Crippen LogP contribution in [0, 0.1) is 0 Å². The van der Waals surface area contributed by atoms with E-state index in [1.807, 2.05) is 11.3 Å². The minimum absolute atomic E-state index is 0.749. The first-order valence-corrected chi connectivity index (χ1v) is 5.19. The fourth-order valence-electron chi connectivity index (χ4n) is 1.15. The summed E-state index contributed by atoms with van der Waals surface area (Å²) in [5.41, 5.74) is 5.50. The lowest BCUT2D eigenvalue weighted by Gasteiger charge is -2.17. The zero-order valence-electron chi connectivity index (χ0n) is 7.49. The van der Waals surface area contributed by atoms with E-state index in [1.165, 1.54) is 4.88 Å². The molecular weight excluding hydrogens is 168 g/mol. The minimum atomic E-state index is 0.749. The number of hydrogen-bond acceptors (Lipinski definition) is 3. The summed E-state index contributed by atoms with van der Waals surface area (Å²) in [4.78, 5) is 3.77. The maximum absolute atomic E-state index is 5.50. The van der Waals surface area contributed by atoms with Crippen LogP contribution >= 0.6 is 11.3 Å².